The number of nitrogens with zero attached hydrogens (tertiary/aromatic N) is 3. The Morgan fingerprint density at radius 2 is 1.76 bits per heavy atom. The van der Waals surface area contributed by atoms with Crippen LogP contribution in [0.25, 0.3) is 11.3 Å². The molecule has 0 atom stereocenters. The van der Waals surface area contributed by atoms with Gasteiger partial charge >= 0.3 is 6.18 Å². The van der Waals surface area contributed by atoms with Crippen molar-refractivity contribution < 1.29 is 32.2 Å². The van der Waals surface area contributed by atoms with E-state index in [2.05, 4.69) is 20.5 Å². The molecule has 0 saturated carbocycles. The molecule has 1 aromatic heterocycles. The third-order valence-corrected chi connectivity index (χ3v) is 4.50. The Labute approximate surface area is 193 Å². The summed E-state index contributed by atoms with van der Waals surface area (Å²) in [6.45, 7) is 1.89. The first-order valence-corrected chi connectivity index (χ1v) is 9.98. The smallest absolute Gasteiger partial charge is 0.417 e. The highest BCUT2D eigenvalue weighted by Crippen LogP contribution is 2.38. The summed E-state index contributed by atoms with van der Waals surface area (Å²) < 4.78 is 56.4. The number of aromatic nitrogens is 2. The fourth-order valence-corrected chi connectivity index (χ4v) is 2.97. The number of rotatable bonds is 8. The van der Waals surface area contributed by atoms with E-state index in [1.54, 1.807) is 25.1 Å². The molecule has 0 radical (unpaired) electrons. The maximum atomic E-state index is 13.6. The van der Waals surface area contributed by atoms with Crippen LogP contribution in [0.5, 0.6) is 17.2 Å². The van der Waals surface area contributed by atoms with Crippen LogP contribution in [0.15, 0.2) is 53.9 Å². The summed E-state index contributed by atoms with van der Waals surface area (Å²) >= 11 is 0. The van der Waals surface area contributed by atoms with Crippen molar-refractivity contribution in [1.29, 1.82) is 0 Å². The molecule has 0 unspecified atom stereocenters. The van der Waals surface area contributed by atoms with E-state index in [-0.39, 0.29) is 29.3 Å². The molecule has 0 aliphatic heterocycles. The number of nitrogens with one attached hydrogen (secondary N) is 1. The third kappa shape index (κ3) is 6.00. The molecule has 3 rings (SSSR count). The van der Waals surface area contributed by atoms with Crippen molar-refractivity contribution in [2.24, 2.45) is 5.10 Å². The summed E-state index contributed by atoms with van der Waals surface area (Å²) in [7, 11) is 3.00. The topological polar surface area (TPSA) is 94.9 Å². The number of halogens is 3. The van der Waals surface area contributed by atoms with Crippen LogP contribution in [-0.2, 0) is 6.18 Å². The molecule has 0 fully saturated rings. The van der Waals surface area contributed by atoms with Gasteiger partial charge in [-0.1, -0.05) is 0 Å². The molecule has 3 aromatic rings. The molecule has 0 bridgehead atoms. The highest BCUT2D eigenvalue weighted by Gasteiger charge is 2.34. The molecular formula is C23H21F3N4O4. The van der Waals surface area contributed by atoms with Crippen LogP contribution in [0.1, 0.15) is 28.5 Å². The number of hydrogen-bond acceptors (Lipinski definition) is 7. The zero-order valence-electron chi connectivity index (χ0n) is 18.5. The van der Waals surface area contributed by atoms with Crippen LogP contribution in [-0.4, -0.2) is 42.9 Å². The SMILES string of the molecule is CCOc1ccc(-c2cncc(C(=O)NN=Cc3cc(OC)cc(OC)c3)n2)c(C(F)(F)F)c1. The van der Waals surface area contributed by atoms with E-state index in [0.717, 1.165) is 18.5 Å². The first-order chi connectivity index (χ1) is 16.2. The largest absolute Gasteiger partial charge is 0.497 e. The van der Waals surface area contributed by atoms with E-state index in [1.165, 1.54) is 32.6 Å². The maximum Gasteiger partial charge on any atom is 0.417 e. The summed E-state index contributed by atoms with van der Waals surface area (Å²) in [4.78, 5) is 20.4. The van der Waals surface area contributed by atoms with Gasteiger partial charge in [-0.2, -0.15) is 18.3 Å². The van der Waals surface area contributed by atoms with Crippen molar-refractivity contribution >= 4 is 12.1 Å². The molecule has 0 aliphatic rings. The van der Waals surface area contributed by atoms with E-state index >= 15 is 0 Å². The van der Waals surface area contributed by atoms with Crippen molar-refractivity contribution in [2.75, 3.05) is 20.8 Å². The second kappa shape index (κ2) is 10.6. The molecule has 11 heteroatoms. The van der Waals surface area contributed by atoms with Crippen LogP contribution in [0.2, 0.25) is 0 Å². The normalized spacial score (nSPS) is 11.4. The summed E-state index contributed by atoms with van der Waals surface area (Å²) in [6.07, 6.45) is -1.03. The molecule has 178 valence electrons. The van der Waals surface area contributed by atoms with Crippen LogP contribution >= 0.6 is 0 Å². The van der Waals surface area contributed by atoms with Gasteiger partial charge in [-0.25, -0.2) is 10.4 Å². The number of carbonyl (C=O) groups excluding carboxylic acids is 1. The molecule has 0 saturated heterocycles. The third-order valence-electron chi connectivity index (χ3n) is 4.50. The Morgan fingerprint density at radius 3 is 2.38 bits per heavy atom. The van der Waals surface area contributed by atoms with Crippen molar-refractivity contribution in [2.45, 2.75) is 13.1 Å². The van der Waals surface area contributed by atoms with E-state index in [1.807, 2.05) is 0 Å². The van der Waals surface area contributed by atoms with E-state index < -0.39 is 17.6 Å². The maximum absolute atomic E-state index is 13.6. The van der Waals surface area contributed by atoms with Gasteiger partial charge in [-0.05, 0) is 37.3 Å². The number of carbonyl (C=O) groups is 1. The van der Waals surface area contributed by atoms with Crippen molar-refractivity contribution in [3.05, 3.63) is 65.6 Å². The summed E-state index contributed by atoms with van der Waals surface area (Å²) in [5.74, 6) is 0.381. The molecule has 8 nitrogen and oxygen atoms in total. The lowest BCUT2D eigenvalue weighted by Crippen LogP contribution is -2.19. The van der Waals surface area contributed by atoms with Crippen molar-refractivity contribution in [3.8, 4) is 28.5 Å². The summed E-state index contributed by atoms with van der Waals surface area (Å²) in [6, 6.07) is 8.53. The number of hydrazone groups is 1. The van der Waals surface area contributed by atoms with Gasteiger partial charge in [0.2, 0.25) is 0 Å². The molecule has 1 N–H and O–H groups in total. The molecule has 2 aromatic carbocycles. The second-order valence-corrected chi connectivity index (χ2v) is 6.77. The van der Waals surface area contributed by atoms with Crippen LogP contribution in [0.4, 0.5) is 13.2 Å². The zero-order valence-corrected chi connectivity index (χ0v) is 18.5. The number of alkyl halides is 3. The number of amides is 1. The molecule has 1 heterocycles. The van der Waals surface area contributed by atoms with Gasteiger partial charge in [0.1, 0.15) is 22.9 Å². The van der Waals surface area contributed by atoms with Gasteiger partial charge in [0.25, 0.3) is 5.91 Å². The fraction of sp³-hybridized carbons (Fsp3) is 0.217. The first-order valence-electron chi connectivity index (χ1n) is 9.98. The first kappa shape index (κ1) is 24.5. The number of hydrogen-bond donors (Lipinski definition) is 1. The Morgan fingerprint density at radius 1 is 1.06 bits per heavy atom. The second-order valence-electron chi connectivity index (χ2n) is 6.77. The predicted octanol–water partition coefficient (Wildman–Crippen LogP) is 4.34. The van der Waals surface area contributed by atoms with E-state index in [9.17, 15) is 18.0 Å². The van der Waals surface area contributed by atoms with E-state index in [4.69, 9.17) is 14.2 Å². The highest BCUT2D eigenvalue weighted by molar-refractivity contribution is 5.93. The Bertz CT molecular complexity index is 1180. The molecule has 34 heavy (non-hydrogen) atoms. The summed E-state index contributed by atoms with van der Waals surface area (Å²) in [5, 5.41) is 3.86. The Hall–Kier alpha value is -4.15. The lowest BCUT2D eigenvalue weighted by atomic mass is 10.0. The highest BCUT2D eigenvalue weighted by atomic mass is 19.4. The molecule has 1 amide bonds. The quantitative estimate of drug-likeness (QED) is 0.386. The van der Waals surface area contributed by atoms with Gasteiger partial charge in [-0.3, -0.25) is 9.78 Å². The van der Waals surface area contributed by atoms with Crippen molar-refractivity contribution in [1.82, 2.24) is 15.4 Å². The Kier molecular flexibility index (Phi) is 7.67. The van der Waals surface area contributed by atoms with Crippen molar-refractivity contribution in [3.63, 3.8) is 0 Å². The number of ether oxygens (including phenoxy) is 3. The average molecular weight is 474 g/mol. The standard InChI is InChI=1S/C23H21F3N4O4/c1-4-34-15-5-6-18(19(10-15)23(24,25)26)20-12-27-13-21(29-20)22(31)30-28-11-14-7-16(32-2)9-17(8-14)33-3/h5-13H,4H2,1-3H3,(H,30,31). The van der Waals surface area contributed by atoms with Crippen LogP contribution in [0, 0.1) is 0 Å². The van der Waals surface area contributed by atoms with Gasteiger partial charge in [0.15, 0.2) is 0 Å². The van der Waals surface area contributed by atoms with Gasteiger partial charge in [0.05, 0.1) is 50.7 Å². The minimum atomic E-state index is -4.66. The van der Waals surface area contributed by atoms with Gasteiger partial charge in [0, 0.05) is 17.2 Å². The predicted molar refractivity (Wildman–Crippen MR) is 118 cm³/mol. The minimum Gasteiger partial charge on any atom is -0.497 e. The fourth-order valence-electron chi connectivity index (χ4n) is 2.97. The molecule has 0 spiro atoms. The number of benzene rings is 2. The van der Waals surface area contributed by atoms with Crippen LogP contribution < -0.4 is 19.6 Å². The summed E-state index contributed by atoms with van der Waals surface area (Å²) in [5.41, 5.74) is 1.35. The monoisotopic (exact) mass is 474 g/mol. The minimum absolute atomic E-state index is 0.0731. The van der Waals surface area contributed by atoms with Gasteiger partial charge < -0.3 is 14.2 Å². The zero-order chi connectivity index (χ0) is 24.7. The molecule has 0 aliphatic carbocycles. The van der Waals surface area contributed by atoms with Gasteiger partial charge in [-0.15, -0.1) is 0 Å². The molecular weight excluding hydrogens is 453 g/mol. The average Bonchev–Trinajstić information content (AvgIpc) is 2.83. The number of methoxy groups -OCH3 is 2. The Balaban J connectivity index is 1.83. The lowest BCUT2D eigenvalue weighted by Gasteiger charge is -2.14. The van der Waals surface area contributed by atoms with E-state index in [0.29, 0.717) is 17.1 Å². The lowest BCUT2D eigenvalue weighted by molar-refractivity contribution is -0.137. The van der Waals surface area contributed by atoms with Crippen LogP contribution in [0.3, 0.4) is 0 Å².